The smallest absolute Gasteiger partial charge is 0.328 e. The van der Waals surface area contributed by atoms with Gasteiger partial charge in [-0.05, 0) is 23.6 Å². The van der Waals surface area contributed by atoms with Gasteiger partial charge < -0.3 is 10.1 Å². The Bertz CT molecular complexity index is 635. The topological polar surface area (TPSA) is 55.4 Å². The van der Waals surface area contributed by atoms with Crippen molar-refractivity contribution in [2.45, 2.75) is 19.4 Å². The zero-order chi connectivity index (χ0) is 15.9. The summed E-state index contributed by atoms with van der Waals surface area (Å²) in [4.78, 5) is 23.1. The van der Waals surface area contributed by atoms with Gasteiger partial charge in [-0.1, -0.05) is 54.6 Å². The van der Waals surface area contributed by atoms with Crippen LogP contribution >= 0.6 is 0 Å². The molecule has 1 amide bonds. The van der Waals surface area contributed by atoms with Crippen molar-refractivity contribution < 1.29 is 14.3 Å². The summed E-state index contributed by atoms with van der Waals surface area (Å²) < 4.78 is 4.57. The third-order valence-corrected chi connectivity index (χ3v) is 3.36. The van der Waals surface area contributed by atoms with Gasteiger partial charge in [0, 0.05) is 0 Å². The number of methoxy groups -OCH3 is 1. The van der Waals surface area contributed by atoms with Crippen LogP contribution in [0, 0.1) is 0 Å². The Morgan fingerprint density at radius 1 is 1.00 bits per heavy atom. The fourth-order valence-electron chi connectivity index (χ4n) is 2.16. The quantitative estimate of drug-likeness (QED) is 0.863. The van der Waals surface area contributed by atoms with E-state index in [1.807, 2.05) is 54.6 Å². The molecule has 1 atom stereocenters. The Morgan fingerprint density at radius 2 is 1.59 bits per heavy atom. The number of rotatable bonds is 5. The summed E-state index contributed by atoms with van der Waals surface area (Å²) in [7, 11) is 1.30. The highest BCUT2D eigenvalue weighted by Gasteiger charge is 2.15. The van der Waals surface area contributed by atoms with Crippen LogP contribution in [0.1, 0.15) is 12.5 Å². The fourth-order valence-corrected chi connectivity index (χ4v) is 2.16. The Labute approximate surface area is 130 Å². The maximum absolute atomic E-state index is 11.9. The summed E-state index contributed by atoms with van der Waals surface area (Å²) >= 11 is 0. The van der Waals surface area contributed by atoms with Crippen LogP contribution in [0.15, 0.2) is 54.6 Å². The number of amides is 1. The first-order chi connectivity index (χ1) is 10.6. The van der Waals surface area contributed by atoms with Crippen molar-refractivity contribution in [2.75, 3.05) is 7.11 Å². The van der Waals surface area contributed by atoms with E-state index in [0.29, 0.717) is 0 Å². The molecule has 0 aliphatic carbocycles. The molecule has 0 saturated heterocycles. The molecule has 0 spiro atoms. The first kappa shape index (κ1) is 15.8. The Hall–Kier alpha value is -2.62. The molecule has 0 heterocycles. The zero-order valence-corrected chi connectivity index (χ0v) is 12.7. The third kappa shape index (κ3) is 4.19. The van der Waals surface area contributed by atoms with Crippen LogP contribution < -0.4 is 5.32 Å². The third-order valence-electron chi connectivity index (χ3n) is 3.36. The van der Waals surface area contributed by atoms with E-state index in [0.717, 1.165) is 16.7 Å². The second-order valence-electron chi connectivity index (χ2n) is 5.05. The Balaban J connectivity index is 1.97. The Kier molecular flexibility index (Phi) is 5.31. The summed E-state index contributed by atoms with van der Waals surface area (Å²) in [6, 6.07) is 17.2. The minimum atomic E-state index is -0.638. The lowest BCUT2D eigenvalue weighted by Gasteiger charge is -2.11. The molecule has 22 heavy (non-hydrogen) atoms. The van der Waals surface area contributed by atoms with E-state index in [1.165, 1.54) is 7.11 Å². The number of carbonyl (C=O) groups excluding carboxylic acids is 2. The highest BCUT2D eigenvalue weighted by molar-refractivity contribution is 5.85. The first-order valence-electron chi connectivity index (χ1n) is 7.11. The van der Waals surface area contributed by atoms with Gasteiger partial charge in [-0.3, -0.25) is 4.79 Å². The van der Waals surface area contributed by atoms with Crippen LogP contribution in [0.25, 0.3) is 11.1 Å². The van der Waals surface area contributed by atoms with E-state index >= 15 is 0 Å². The van der Waals surface area contributed by atoms with E-state index in [9.17, 15) is 9.59 Å². The standard InChI is InChI=1S/C18H19NO3/c1-13(18(21)22-2)19-17(20)12-14-8-10-16(11-9-14)15-6-4-3-5-7-15/h3-11,13H,12H2,1-2H3,(H,19,20)/t13-/m0/s1. The molecule has 4 heteroatoms. The average molecular weight is 297 g/mol. The molecule has 0 fully saturated rings. The number of carbonyl (C=O) groups is 2. The number of benzene rings is 2. The molecule has 0 aliphatic rings. The van der Waals surface area contributed by atoms with Crippen LogP contribution in [0.3, 0.4) is 0 Å². The van der Waals surface area contributed by atoms with Gasteiger partial charge in [-0.15, -0.1) is 0 Å². The summed E-state index contributed by atoms with van der Waals surface area (Å²) in [6.45, 7) is 1.60. The Morgan fingerprint density at radius 3 is 2.18 bits per heavy atom. The first-order valence-corrected chi connectivity index (χ1v) is 7.11. The minimum Gasteiger partial charge on any atom is -0.467 e. The predicted molar refractivity (Wildman–Crippen MR) is 85.2 cm³/mol. The maximum Gasteiger partial charge on any atom is 0.328 e. The molecule has 0 bridgehead atoms. The molecule has 0 unspecified atom stereocenters. The molecule has 114 valence electrons. The molecule has 2 rings (SSSR count). The van der Waals surface area contributed by atoms with Gasteiger partial charge >= 0.3 is 5.97 Å². The van der Waals surface area contributed by atoms with Gasteiger partial charge in [0.15, 0.2) is 0 Å². The van der Waals surface area contributed by atoms with Gasteiger partial charge in [0.1, 0.15) is 6.04 Å². The normalized spacial score (nSPS) is 11.5. The largest absolute Gasteiger partial charge is 0.467 e. The summed E-state index contributed by atoms with van der Waals surface area (Å²) in [5, 5.41) is 2.61. The monoisotopic (exact) mass is 297 g/mol. The van der Waals surface area contributed by atoms with Gasteiger partial charge in [0.2, 0.25) is 5.91 Å². The van der Waals surface area contributed by atoms with Crippen LogP contribution in [0.5, 0.6) is 0 Å². The van der Waals surface area contributed by atoms with E-state index < -0.39 is 12.0 Å². The lowest BCUT2D eigenvalue weighted by atomic mass is 10.0. The van der Waals surface area contributed by atoms with Crippen LogP contribution in [0.2, 0.25) is 0 Å². The predicted octanol–water partition coefficient (Wildman–Crippen LogP) is 2.57. The fraction of sp³-hybridized carbons (Fsp3) is 0.222. The molecule has 2 aromatic carbocycles. The SMILES string of the molecule is COC(=O)[C@H](C)NC(=O)Cc1ccc(-c2ccccc2)cc1. The molecule has 4 nitrogen and oxygen atoms in total. The van der Waals surface area contributed by atoms with E-state index in [4.69, 9.17) is 0 Å². The van der Waals surface area contributed by atoms with Crippen molar-refractivity contribution in [2.24, 2.45) is 0 Å². The van der Waals surface area contributed by atoms with E-state index in [2.05, 4.69) is 10.1 Å². The molecule has 0 radical (unpaired) electrons. The van der Waals surface area contributed by atoms with E-state index in [1.54, 1.807) is 6.92 Å². The van der Waals surface area contributed by atoms with Gasteiger partial charge in [0.05, 0.1) is 13.5 Å². The highest BCUT2D eigenvalue weighted by Crippen LogP contribution is 2.19. The van der Waals surface area contributed by atoms with Gasteiger partial charge in [-0.25, -0.2) is 4.79 Å². The van der Waals surface area contributed by atoms with Crippen LogP contribution in [0.4, 0.5) is 0 Å². The molecule has 2 aromatic rings. The lowest BCUT2D eigenvalue weighted by Crippen LogP contribution is -2.39. The average Bonchev–Trinajstić information content (AvgIpc) is 2.55. The van der Waals surface area contributed by atoms with Crippen molar-refractivity contribution in [3.63, 3.8) is 0 Å². The molecular formula is C18H19NO3. The van der Waals surface area contributed by atoms with Crippen molar-refractivity contribution in [3.8, 4) is 11.1 Å². The molecular weight excluding hydrogens is 278 g/mol. The van der Waals surface area contributed by atoms with Crippen molar-refractivity contribution in [1.29, 1.82) is 0 Å². The molecule has 0 aliphatic heterocycles. The van der Waals surface area contributed by atoms with Crippen molar-refractivity contribution >= 4 is 11.9 Å². The van der Waals surface area contributed by atoms with Crippen molar-refractivity contribution in [3.05, 3.63) is 60.2 Å². The number of hydrogen-bond acceptors (Lipinski definition) is 3. The maximum atomic E-state index is 11.9. The zero-order valence-electron chi connectivity index (χ0n) is 12.7. The highest BCUT2D eigenvalue weighted by atomic mass is 16.5. The lowest BCUT2D eigenvalue weighted by molar-refractivity contribution is -0.144. The summed E-state index contributed by atoms with van der Waals surface area (Å²) in [5.74, 6) is -0.655. The summed E-state index contributed by atoms with van der Waals surface area (Å²) in [5.41, 5.74) is 3.14. The van der Waals surface area contributed by atoms with Crippen LogP contribution in [-0.4, -0.2) is 25.0 Å². The van der Waals surface area contributed by atoms with Gasteiger partial charge in [-0.2, -0.15) is 0 Å². The molecule has 0 aromatic heterocycles. The minimum absolute atomic E-state index is 0.203. The second kappa shape index (κ2) is 7.41. The van der Waals surface area contributed by atoms with Crippen molar-refractivity contribution in [1.82, 2.24) is 5.32 Å². The van der Waals surface area contributed by atoms with Crippen LogP contribution in [-0.2, 0) is 20.7 Å². The number of ether oxygens (including phenoxy) is 1. The molecule has 1 N–H and O–H groups in total. The van der Waals surface area contributed by atoms with E-state index in [-0.39, 0.29) is 12.3 Å². The summed E-state index contributed by atoms with van der Waals surface area (Å²) in [6.07, 6.45) is 0.233. The van der Waals surface area contributed by atoms with Gasteiger partial charge in [0.25, 0.3) is 0 Å². The molecule has 0 saturated carbocycles. The second-order valence-corrected chi connectivity index (χ2v) is 5.05. The number of nitrogens with one attached hydrogen (secondary N) is 1. The number of esters is 1. The number of hydrogen-bond donors (Lipinski definition) is 1.